The van der Waals surface area contributed by atoms with Gasteiger partial charge < -0.3 is 15.4 Å². The van der Waals surface area contributed by atoms with Crippen LogP contribution in [0.3, 0.4) is 0 Å². The van der Waals surface area contributed by atoms with Gasteiger partial charge in [-0.15, -0.1) is 0 Å². The van der Waals surface area contributed by atoms with Crippen molar-refractivity contribution in [2.45, 2.75) is 19.8 Å². The second-order valence-corrected chi connectivity index (χ2v) is 5.11. The van der Waals surface area contributed by atoms with E-state index in [9.17, 15) is 0 Å². The predicted molar refractivity (Wildman–Crippen MR) is 78.5 cm³/mol. The second-order valence-electron chi connectivity index (χ2n) is 5.11. The summed E-state index contributed by atoms with van der Waals surface area (Å²) in [5.74, 6) is 1.03. The van der Waals surface area contributed by atoms with Crippen LogP contribution in [0, 0.1) is 6.92 Å². The zero-order chi connectivity index (χ0) is 13.7. The van der Waals surface area contributed by atoms with E-state index in [1.165, 1.54) is 11.1 Å². The molecule has 104 valence electrons. The first-order valence-corrected chi connectivity index (χ1v) is 6.86. The molecule has 1 fully saturated rings. The highest BCUT2D eigenvalue weighted by Gasteiger charge is 2.12. The smallest absolute Gasteiger partial charge is 0.191 e. The average Bonchev–Trinajstić information content (AvgIpc) is 2.45. The molecule has 4 heteroatoms. The van der Waals surface area contributed by atoms with Crippen LogP contribution < -0.4 is 5.73 Å². The van der Waals surface area contributed by atoms with E-state index in [-0.39, 0.29) is 0 Å². The van der Waals surface area contributed by atoms with Gasteiger partial charge in [0.2, 0.25) is 0 Å². The first-order chi connectivity index (χ1) is 9.16. The van der Waals surface area contributed by atoms with E-state index >= 15 is 0 Å². The van der Waals surface area contributed by atoms with Crippen LogP contribution in [0.25, 0.3) is 0 Å². The summed E-state index contributed by atoms with van der Waals surface area (Å²) in [6, 6.07) is 8.57. The van der Waals surface area contributed by atoms with Crippen LogP contribution >= 0.6 is 0 Å². The molecule has 19 heavy (non-hydrogen) atoms. The summed E-state index contributed by atoms with van der Waals surface area (Å²) >= 11 is 0. The Labute approximate surface area is 115 Å². The third-order valence-corrected chi connectivity index (χ3v) is 3.47. The van der Waals surface area contributed by atoms with E-state index in [4.69, 9.17) is 10.5 Å². The van der Waals surface area contributed by atoms with Gasteiger partial charge in [0.1, 0.15) is 0 Å². The van der Waals surface area contributed by atoms with Gasteiger partial charge >= 0.3 is 0 Å². The minimum absolute atomic E-state index is 0.388. The first kappa shape index (κ1) is 13.9. The van der Waals surface area contributed by atoms with E-state index in [0.717, 1.165) is 32.8 Å². The topological polar surface area (TPSA) is 50.8 Å². The molecule has 2 rings (SSSR count). The number of morpholine rings is 1. The Hall–Kier alpha value is -1.55. The molecular formula is C15H23N3O. The Morgan fingerprint density at radius 1 is 1.42 bits per heavy atom. The molecule has 0 spiro atoms. The van der Waals surface area contributed by atoms with Crippen molar-refractivity contribution in [3.8, 4) is 0 Å². The predicted octanol–water partition coefficient (Wildman–Crippen LogP) is 1.75. The molecule has 1 aliphatic rings. The number of aryl methyl sites for hydroxylation is 1. The number of nitrogens with zero attached hydrogens (tertiary/aromatic N) is 2. The number of ether oxygens (including phenoxy) is 1. The summed E-state index contributed by atoms with van der Waals surface area (Å²) in [7, 11) is 0. The van der Waals surface area contributed by atoms with Crippen LogP contribution in [0.5, 0.6) is 0 Å². The van der Waals surface area contributed by atoms with E-state index in [1.54, 1.807) is 0 Å². The standard InChI is InChI=1S/C15H23N3O/c1-12-4-3-5-14(10-12)13(2)11-17-15(16)18-6-8-19-9-7-18/h3-5,10,13H,6-9,11H2,1-2H3,(H2,16,17). The van der Waals surface area contributed by atoms with Gasteiger partial charge in [-0.25, -0.2) is 0 Å². The van der Waals surface area contributed by atoms with Gasteiger partial charge in [-0.3, -0.25) is 4.99 Å². The van der Waals surface area contributed by atoms with Crippen molar-refractivity contribution in [3.05, 3.63) is 35.4 Å². The van der Waals surface area contributed by atoms with Crippen molar-refractivity contribution in [3.63, 3.8) is 0 Å². The van der Waals surface area contributed by atoms with Gasteiger partial charge in [0.25, 0.3) is 0 Å². The molecule has 1 atom stereocenters. The molecule has 1 heterocycles. The maximum absolute atomic E-state index is 6.03. The number of guanidine groups is 1. The van der Waals surface area contributed by atoms with Crippen molar-refractivity contribution in [1.29, 1.82) is 0 Å². The lowest BCUT2D eigenvalue weighted by Crippen LogP contribution is -2.45. The molecule has 0 aliphatic carbocycles. The van der Waals surface area contributed by atoms with Crippen molar-refractivity contribution >= 4 is 5.96 Å². The largest absolute Gasteiger partial charge is 0.378 e. The molecular weight excluding hydrogens is 238 g/mol. The highest BCUT2D eigenvalue weighted by atomic mass is 16.5. The van der Waals surface area contributed by atoms with E-state index in [1.807, 2.05) is 0 Å². The quantitative estimate of drug-likeness (QED) is 0.666. The Kier molecular flexibility index (Phi) is 4.80. The number of rotatable bonds is 3. The zero-order valence-electron chi connectivity index (χ0n) is 11.8. The fourth-order valence-corrected chi connectivity index (χ4v) is 2.20. The Balaban J connectivity index is 1.93. The van der Waals surface area contributed by atoms with Crippen LogP contribution in [-0.2, 0) is 4.74 Å². The van der Waals surface area contributed by atoms with Crippen molar-refractivity contribution in [2.75, 3.05) is 32.8 Å². The van der Waals surface area contributed by atoms with E-state index < -0.39 is 0 Å². The SMILES string of the molecule is Cc1cccc(C(C)CN=C(N)N2CCOCC2)c1. The minimum Gasteiger partial charge on any atom is -0.378 e. The molecule has 1 aromatic rings. The summed E-state index contributed by atoms with van der Waals surface area (Å²) in [5, 5.41) is 0. The number of hydrogen-bond acceptors (Lipinski definition) is 2. The van der Waals surface area contributed by atoms with Crippen LogP contribution in [0.4, 0.5) is 0 Å². The molecule has 0 amide bonds. The number of benzene rings is 1. The zero-order valence-corrected chi connectivity index (χ0v) is 11.8. The summed E-state index contributed by atoms with van der Waals surface area (Å²) in [6.45, 7) is 8.19. The van der Waals surface area contributed by atoms with Gasteiger partial charge in [0, 0.05) is 25.6 Å². The number of hydrogen-bond donors (Lipinski definition) is 1. The maximum atomic E-state index is 6.03. The molecule has 1 aromatic carbocycles. The highest BCUT2D eigenvalue weighted by Crippen LogP contribution is 2.16. The minimum atomic E-state index is 0.388. The van der Waals surface area contributed by atoms with Gasteiger partial charge in [0.05, 0.1) is 13.2 Å². The summed E-state index contributed by atoms with van der Waals surface area (Å²) in [5.41, 5.74) is 8.63. The Morgan fingerprint density at radius 3 is 2.84 bits per heavy atom. The summed E-state index contributed by atoms with van der Waals surface area (Å²) in [4.78, 5) is 6.61. The molecule has 0 saturated carbocycles. The number of nitrogens with two attached hydrogens (primary N) is 1. The molecule has 0 bridgehead atoms. The fraction of sp³-hybridized carbons (Fsp3) is 0.533. The van der Waals surface area contributed by atoms with E-state index in [0.29, 0.717) is 11.9 Å². The third-order valence-electron chi connectivity index (χ3n) is 3.47. The monoisotopic (exact) mass is 261 g/mol. The van der Waals surface area contributed by atoms with Crippen molar-refractivity contribution in [1.82, 2.24) is 4.90 Å². The molecule has 0 aromatic heterocycles. The number of aliphatic imine (C=N–C) groups is 1. The molecule has 2 N–H and O–H groups in total. The molecule has 1 unspecified atom stereocenters. The van der Waals surface area contributed by atoms with Gasteiger partial charge in [0.15, 0.2) is 5.96 Å². The molecule has 1 saturated heterocycles. The average molecular weight is 261 g/mol. The van der Waals surface area contributed by atoms with Crippen LogP contribution in [0.2, 0.25) is 0 Å². The normalized spacial score (nSPS) is 18.4. The van der Waals surface area contributed by atoms with Crippen LogP contribution in [0.1, 0.15) is 24.0 Å². The third kappa shape index (κ3) is 3.96. The van der Waals surface area contributed by atoms with Crippen LogP contribution in [0.15, 0.2) is 29.3 Å². The lowest BCUT2D eigenvalue weighted by atomic mass is 10.00. The maximum Gasteiger partial charge on any atom is 0.191 e. The second kappa shape index (κ2) is 6.57. The van der Waals surface area contributed by atoms with Gasteiger partial charge in [-0.05, 0) is 12.5 Å². The molecule has 0 radical (unpaired) electrons. The lowest BCUT2D eigenvalue weighted by molar-refractivity contribution is 0.0674. The first-order valence-electron chi connectivity index (χ1n) is 6.86. The van der Waals surface area contributed by atoms with Crippen molar-refractivity contribution in [2.24, 2.45) is 10.7 Å². The van der Waals surface area contributed by atoms with Gasteiger partial charge in [-0.1, -0.05) is 36.8 Å². The highest BCUT2D eigenvalue weighted by molar-refractivity contribution is 5.78. The lowest BCUT2D eigenvalue weighted by Gasteiger charge is -2.27. The van der Waals surface area contributed by atoms with Gasteiger partial charge in [-0.2, -0.15) is 0 Å². The Morgan fingerprint density at radius 2 is 2.16 bits per heavy atom. The fourth-order valence-electron chi connectivity index (χ4n) is 2.20. The van der Waals surface area contributed by atoms with Crippen LogP contribution in [-0.4, -0.2) is 43.7 Å². The molecule has 4 nitrogen and oxygen atoms in total. The van der Waals surface area contributed by atoms with Crippen molar-refractivity contribution < 1.29 is 4.74 Å². The summed E-state index contributed by atoms with van der Waals surface area (Å²) in [6.07, 6.45) is 0. The Bertz CT molecular complexity index is 439. The van der Waals surface area contributed by atoms with E-state index in [2.05, 4.69) is 48.0 Å². The molecule has 1 aliphatic heterocycles. The summed E-state index contributed by atoms with van der Waals surface area (Å²) < 4.78 is 5.31.